The monoisotopic (exact) mass is 311 g/mol. The normalized spacial score (nSPS) is 10.6. The fraction of sp³-hybridized carbons (Fsp3) is 0.333. The number of carbonyl (C=O) groups is 2. The van der Waals surface area contributed by atoms with Crippen molar-refractivity contribution in [2.45, 2.75) is 6.42 Å². The van der Waals surface area contributed by atoms with Crippen molar-refractivity contribution in [2.24, 2.45) is 0 Å². The summed E-state index contributed by atoms with van der Waals surface area (Å²) in [6, 6.07) is 7.04. The Hall–Kier alpha value is -1.85. The molecule has 1 aromatic carbocycles. The van der Waals surface area contributed by atoms with E-state index in [1.807, 2.05) is 0 Å². The minimum Gasteiger partial charge on any atom is -0.469 e. The van der Waals surface area contributed by atoms with E-state index in [-0.39, 0.29) is 32.0 Å². The van der Waals surface area contributed by atoms with Crippen LogP contribution < -0.4 is 0 Å². The van der Waals surface area contributed by atoms with Gasteiger partial charge in [-0.25, -0.2) is 0 Å². The Balaban J connectivity index is 2.63. The molecule has 21 heavy (non-hydrogen) atoms. The van der Waals surface area contributed by atoms with Crippen LogP contribution in [-0.4, -0.2) is 48.7 Å². The molecule has 1 rings (SSSR count). The number of rotatable bonds is 7. The maximum Gasteiger partial charge on any atom is 0.307 e. The largest absolute Gasteiger partial charge is 0.469 e. The van der Waals surface area contributed by atoms with Gasteiger partial charge in [0.2, 0.25) is 5.91 Å². The molecule has 5 nitrogen and oxygen atoms in total. The molecule has 114 valence electrons. The summed E-state index contributed by atoms with van der Waals surface area (Å²) in [5.41, 5.74) is 0.838. The van der Waals surface area contributed by atoms with Gasteiger partial charge in [-0.1, -0.05) is 23.7 Å². The Labute approximate surface area is 128 Å². The van der Waals surface area contributed by atoms with Crippen molar-refractivity contribution >= 4 is 29.6 Å². The minimum atomic E-state index is -0.396. The maximum atomic E-state index is 12.0. The van der Waals surface area contributed by atoms with E-state index in [0.717, 1.165) is 5.56 Å². The summed E-state index contributed by atoms with van der Waals surface area (Å²) in [5, 5.41) is 9.60. The number of methoxy groups -OCH3 is 1. The van der Waals surface area contributed by atoms with Gasteiger partial charge in [0.15, 0.2) is 0 Å². The molecule has 0 fully saturated rings. The van der Waals surface area contributed by atoms with Crippen LogP contribution in [0.4, 0.5) is 0 Å². The standard InChI is InChI=1S/C15H18ClNO4/c1-21-15(20)8-9-17(10-11-18)14(19)7-4-12-2-5-13(16)6-3-12/h2-7,18H,8-11H2,1H3/b7-4+. The average molecular weight is 312 g/mol. The highest BCUT2D eigenvalue weighted by Gasteiger charge is 2.12. The molecule has 0 spiro atoms. The van der Waals surface area contributed by atoms with E-state index < -0.39 is 5.97 Å². The molecule has 1 N–H and O–H groups in total. The van der Waals surface area contributed by atoms with Crippen LogP contribution in [-0.2, 0) is 14.3 Å². The van der Waals surface area contributed by atoms with E-state index in [1.165, 1.54) is 18.1 Å². The molecular weight excluding hydrogens is 294 g/mol. The summed E-state index contributed by atoms with van der Waals surface area (Å²) >= 11 is 5.78. The van der Waals surface area contributed by atoms with Gasteiger partial charge in [0.1, 0.15) is 0 Å². The Bertz CT molecular complexity index is 499. The number of halogens is 1. The quantitative estimate of drug-likeness (QED) is 0.615. The van der Waals surface area contributed by atoms with Crippen molar-refractivity contribution in [1.82, 2.24) is 4.90 Å². The molecule has 0 unspecified atom stereocenters. The number of ether oxygens (including phenoxy) is 1. The van der Waals surface area contributed by atoms with Gasteiger partial charge in [-0.2, -0.15) is 0 Å². The second-order valence-corrected chi connectivity index (χ2v) is 4.70. The zero-order chi connectivity index (χ0) is 15.7. The SMILES string of the molecule is COC(=O)CCN(CCO)C(=O)/C=C/c1ccc(Cl)cc1. The van der Waals surface area contributed by atoms with E-state index in [9.17, 15) is 9.59 Å². The summed E-state index contributed by atoms with van der Waals surface area (Å²) in [7, 11) is 1.29. The average Bonchev–Trinajstić information content (AvgIpc) is 2.50. The number of esters is 1. The van der Waals surface area contributed by atoms with Gasteiger partial charge in [-0.15, -0.1) is 0 Å². The van der Waals surface area contributed by atoms with E-state index in [0.29, 0.717) is 5.02 Å². The smallest absolute Gasteiger partial charge is 0.307 e. The highest BCUT2D eigenvalue weighted by atomic mass is 35.5. The zero-order valence-electron chi connectivity index (χ0n) is 11.8. The van der Waals surface area contributed by atoms with Crippen LogP contribution >= 0.6 is 11.6 Å². The van der Waals surface area contributed by atoms with Crippen molar-refractivity contribution in [3.8, 4) is 0 Å². The topological polar surface area (TPSA) is 66.8 Å². The van der Waals surface area contributed by atoms with Gasteiger partial charge in [-0.05, 0) is 23.8 Å². The van der Waals surface area contributed by atoms with Crippen molar-refractivity contribution in [1.29, 1.82) is 0 Å². The number of hydrogen-bond acceptors (Lipinski definition) is 4. The lowest BCUT2D eigenvalue weighted by molar-refractivity contribution is -0.141. The number of aliphatic hydroxyl groups excluding tert-OH is 1. The maximum absolute atomic E-state index is 12.0. The van der Waals surface area contributed by atoms with Crippen molar-refractivity contribution in [3.05, 3.63) is 40.9 Å². The molecule has 0 bridgehead atoms. The molecule has 0 aromatic heterocycles. The first-order valence-corrected chi connectivity index (χ1v) is 6.85. The van der Waals surface area contributed by atoms with Gasteiger partial charge in [0.25, 0.3) is 0 Å². The number of benzene rings is 1. The number of hydrogen-bond donors (Lipinski definition) is 1. The summed E-state index contributed by atoms with van der Waals surface area (Å²) < 4.78 is 4.53. The third-order valence-electron chi connectivity index (χ3n) is 2.78. The van der Waals surface area contributed by atoms with Crippen molar-refractivity contribution in [2.75, 3.05) is 26.8 Å². The Morgan fingerprint density at radius 3 is 2.52 bits per heavy atom. The summed E-state index contributed by atoms with van der Waals surface area (Å²) in [4.78, 5) is 24.5. The molecule has 0 saturated heterocycles. The van der Waals surface area contributed by atoms with Crippen LogP contribution in [0.5, 0.6) is 0 Å². The summed E-state index contributed by atoms with van der Waals surface area (Å²) in [6.07, 6.45) is 3.15. The van der Waals surface area contributed by atoms with Crippen LogP contribution in [0.1, 0.15) is 12.0 Å². The molecular formula is C15H18ClNO4. The first-order valence-electron chi connectivity index (χ1n) is 6.47. The van der Waals surface area contributed by atoms with Crippen molar-refractivity contribution in [3.63, 3.8) is 0 Å². The first kappa shape index (κ1) is 17.2. The lowest BCUT2D eigenvalue weighted by Gasteiger charge is -2.19. The third-order valence-corrected chi connectivity index (χ3v) is 3.04. The van der Waals surface area contributed by atoms with E-state index in [4.69, 9.17) is 16.7 Å². The highest BCUT2D eigenvalue weighted by Crippen LogP contribution is 2.10. The zero-order valence-corrected chi connectivity index (χ0v) is 12.5. The molecule has 1 aromatic rings. The molecule has 0 saturated carbocycles. The number of nitrogens with zero attached hydrogens (tertiary/aromatic N) is 1. The second-order valence-electron chi connectivity index (χ2n) is 4.26. The van der Waals surface area contributed by atoms with Crippen molar-refractivity contribution < 1.29 is 19.4 Å². The van der Waals surface area contributed by atoms with E-state index in [1.54, 1.807) is 30.3 Å². The molecule has 0 aliphatic rings. The fourth-order valence-electron chi connectivity index (χ4n) is 1.63. The minimum absolute atomic E-state index is 0.0943. The van der Waals surface area contributed by atoms with Gasteiger partial charge in [0, 0.05) is 24.2 Å². The predicted octanol–water partition coefficient (Wildman–Crippen LogP) is 1.74. The number of aliphatic hydroxyl groups is 1. The Morgan fingerprint density at radius 1 is 1.29 bits per heavy atom. The van der Waals surface area contributed by atoms with Gasteiger partial charge in [-0.3, -0.25) is 9.59 Å². The Kier molecular flexibility index (Phi) is 7.50. The number of amides is 1. The molecule has 6 heteroatoms. The number of carbonyl (C=O) groups excluding carboxylic acids is 2. The predicted molar refractivity (Wildman–Crippen MR) is 80.8 cm³/mol. The van der Waals surface area contributed by atoms with Crippen LogP contribution in [0.15, 0.2) is 30.3 Å². The lowest BCUT2D eigenvalue weighted by Crippen LogP contribution is -2.34. The summed E-state index contributed by atoms with van der Waals surface area (Å²) in [5.74, 6) is -0.671. The Morgan fingerprint density at radius 2 is 1.95 bits per heavy atom. The van der Waals surface area contributed by atoms with Gasteiger partial charge < -0.3 is 14.7 Å². The van der Waals surface area contributed by atoms with Crippen LogP contribution in [0, 0.1) is 0 Å². The second kappa shape index (κ2) is 9.15. The molecule has 0 radical (unpaired) electrons. The van der Waals surface area contributed by atoms with Gasteiger partial charge in [0.05, 0.1) is 20.1 Å². The molecule has 0 aliphatic heterocycles. The van der Waals surface area contributed by atoms with Crippen LogP contribution in [0.3, 0.4) is 0 Å². The lowest BCUT2D eigenvalue weighted by atomic mass is 10.2. The highest BCUT2D eigenvalue weighted by molar-refractivity contribution is 6.30. The summed E-state index contributed by atoms with van der Waals surface area (Å²) in [6.45, 7) is 0.208. The van der Waals surface area contributed by atoms with Crippen LogP contribution in [0.25, 0.3) is 6.08 Å². The van der Waals surface area contributed by atoms with Crippen LogP contribution in [0.2, 0.25) is 5.02 Å². The third kappa shape index (κ3) is 6.42. The molecule has 0 aliphatic carbocycles. The first-order chi connectivity index (χ1) is 10.1. The molecule has 0 heterocycles. The molecule has 0 atom stereocenters. The van der Waals surface area contributed by atoms with E-state index in [2.05, 4.69) is 4.74 Å². The molecule has 1 amide bonds. The van der Waals surface area contributed by atoms with Gasteiger partial charge >= 0.3 is 5.97 Å². The fourth-order valence-corrected chi connectivity index (χ4v) is 1.75. The van der Waals surface area contributed by atoms with E-state index >= 15 is 0 Å².